The Morgan fingerprint density at radius 1 is 0.679 bits per heavy atom. The van der Waals surface area contributed by atoms with Crippen LogP contribution in [0.25, 0.3) is 0 Å². The molecule has 2 saturated heterocycles. The van der Waals surface area contributed by atoms with Crippen molar-refractivity contribution in [2.75, 3.05) is 6.16 Å². The molecular weight excluding hydrogens is 411 g/mol. The molecule has 0 bridgehead atoms. The molecule has 7 heteroatoms. The zero-order valence-corrected chi connectivity index (χ0v) is 18.1. The molecule has 2 aromatic carbocycles. The van der Waals surface area contributed by atoms with Crippen molar-refractivity contribution in [1.29, 1.82) is 0 Å². The van der Waals surface area contributed by atoms with Crippen LogP contribution in [0.2, 0.25) is 0 Å². The van der Waals surface area contributed by atoms with E-state index in [1.165, 1.54) is 20.8 Å². The monoisotopic (exact) mass is 438 g/mol. The Kier molecular flexibility index (Phi) is 5.85. The van der Waals surface area contributed by atoms with Gasteiger partial charge in [-0.25, -0.2) is 0 Å². The fourth-order valence-corrected chi connectivity index (χ4v) is 21.1. The van der Waals surface area contributed by atoms with Gasteiger partial charge in [-0.15, -0.1) is 0 Å². The van der Waals surface area contributed by atoms with Crippen molar-refractivity contribution in [1.82, 2.24) is 0 Å². The number of aliphatic hydroxyl groups is 4. The van der Waals surface area contributed by atoms with Crippen molar-refractivity contribution in [3.05, 3.63) is 71.8 Å². The molecule has 2 aromatic rings. The van der Waals surface area contributed by atoms with E-state index in [1.807, 2.05) is 60.7 Å². The molecule has 4 N–H and O–H groups in total. The predicted octanol–water partition coefficient (Wildman–Crippen LogP) is 3.63. The van der Waals surface area contributed by atoms with Gasteiger partial charge in [0.15, 0.2) is 0 Å². The van der Waals surface area contributed by atoms with Gasteiger partial charge in [0.1, 0.15) is 0 Å². The molecule has 152 valence electrons. The molecular formula is C21H27O4PS2. The molecule has 2 fully saturated rings. The maximum absolute atomic E-state index is 11.1. The second-order valence-electron chi connectivity index (χ2n) is 7.87. The molecule has 4 rings (SSSR count). The first kappa shape index (κ1) is 20.7. The second kappa shape index (κ2) is 7.92. The molecule has 4 nitrogen and oxygen atoms in total. The van der Waals surface area contributed by atoms with Gasteiger partial charge in [0, 0.05) is 0 Å². The molecule has 0 amide bonds. The van der Waals surface area contributed by atoms with E-state index in [0.717, 1.165) is 17.5 Å². The van der Waals surface area contributed by atoms with Crippen LogP contribution in [-0.2, 0) is 12.8 Å². The van der Waals surface area contributed by atoms with Crippen molar-refractivity contribution in [2.24, 2.45) is 5.92 Å². The average molecular weight is 439 g/mol. The SMILES string of the molecule is OC1C(CCc2ccccc2)C(O)C(O)P2(CCc3ccccc3)(SS2)C1O. The van der Waals surface area contributed by atoms with Crippen LogP contribution in [-0.4, -0.2) is 50.5 Å². The van der Waals surface area contributed by atoms with E-state index in [4.69, 9.17) is 0 Å². The van der Waals surface area contributed by atoms with E-state index in [2.05, 4.69) is 0 Å². The summed E-state index contributed by atoms with van der Waals surface area (Å²) in [6.07, 6.45) is 0.532. The van der Waals surface area contributed by atoms with Gasteiger partial charge in [0.25, 0.3) is 0 Å². The first-order valence-corrected chi connectivity index (χ1v) is 15.6. The molecule has 2 heterocycles. The van der Waals surface area contributed by atoms with Crippen LogP contribution in [0.15, 0.2) is 60.7 Å². The molecule has 0 radical (unpaired) electrons. The Morgan fingerprint density at radius 2 is 1.14 bits per heavy atom. The summed E-state index contributed by atoms with van der Waals surface area (Å²) < 4.78 is 0. The summed E-state index contributed by atoms with van der Waals surface area (Å²) in [7, 11) is 3.05. The maximum atomic E-state index is 11.1. The number of hydrogen-bond donors (Lipinski definition) is 4. The second-order valence-corrected chi connectivity index (χ2v) is 21.7. The molecule has 4 atom stereocenters. The zero-order valence-electron chi connectivity index (χ0n) is 15.5. The van der Waals surface area contributed by atoms with Crippen LogP contribution >= 0.6 is 25.8 Å². The van der Waals surface area contributed by atoms with Gasteiger partial charge in [0.05, 0.1) is 0 Å². The van der Waals surface area contributed by atoms with Crippen molar-refractivity contribution < 1.29 is 20.4 Å². The summed E-state index contributed by atoms with van der Waals surface area (Å²) in [5.41, 5.74) is 2.26. The van der Waals surface area contributed by atoms with E-state index in [-0.39, 0.29) is 0 Å². The third kappa shape index (κ3) is 3.43. The van der Waals surface area contributed by atoms with E-state index in [0.29, 0.717) is 19.0 Å². The van der Waals surface area contributed by atoms with Crippen LogP contribution in [0.5, 0.6) is 0 Å². The van der Waals surface area contributed by atoms with Gasteiger partial charge in [-0.2, -0.15) is 0 Å². The minimum atomic E-state index is -3.10. The molecule has 2 aliphatic heterocycles. The number of aryl methyl sites for hydroxylation is 2. The van der Waals surface area contributed by atoms with Crippen molar-refractivity contribution >= 4 is 25.8 Å². The Morgan fingerprint density at radius 3 is 1.61 bits per heavy atom. The molecule has 0 aliphatic carbocycles. The van der Waals surface area contributed by atoms with Gasteiger partial charge >= 0.3 is 173 Å². The standard InChI is InChI=1S/C21H27O4PS2/c22-18-17(12-11-15-7-3-1-4-8-15)19(23)21(25)26(20(18)24,27-28-26)14-13-16-9-5-2-6-10-16/h1-10,17-25H,11-14H2. The quantitative estimate of drug-likeness (QED) is 0.313. The first-order valence-electron chi connectivity index (χ1n) is 9.67. The number of rotatable bonds is 6. The van der Waals surface area contributed by atoms with Gasteiger partial charge in [0.2, 0.25) is 0 Å². The van der Waals surface area contributed by atoms with E-state index < -0.39 is 34.8 Å². The molecule has 2 aliphatic rings. The van der Waals surface area contributed by atoms with E-state index in [1.54, 1.807) is 0 Å². The molecule has 4 unspecified atom stereocenters. The Labute approximate surface area is 173 Å². The summed E-state index contributed by atoms with van der Waals surface area (Å²) in [5, 5.41) is 41.0. The van der Waals surface area contributed by atoms with Gasteiger partial charge in [-0.05, 0) is 0 Å². The van der Waals surface area contributed by atoms with Gasteiger partial charge in [-0.1, -0.05) is 0 Å². The third-order valence-corrected chi connectivity index (χ3v) is 23.0. The Balaban J connectivity index is 1.50. The number of hydrogen-bond acceptors (Lipinski definition) is 6. The summed E-state index contributed by atoms with van der Waals surface area (Å²) in [6.45, 7) is 0. The van der Waals surface area contributed by atoms with Crippen LogP contribution < -0.4 is 0 Å². The molecule has 1 spiro atoms. The van der Waals surface area contributed by atoms with Crippen LogP contribution in [0.4, 0.5) is 0 Å². The summed E-state index contributed by atoms with van der Waals surface area (Å²) in [6, 6.07) is 19.9. The Bertz CT molecular complexity index is 783. The number of aliphatic hydroxyl groups excluding tert-OH is 4. The van der Waals surface area contributed by atoms with E-state index >= 15 is 0 Å². The van der Waals surface area contributed by atoms with Crippen LogP contribution in [0.1, 0.15) is 17.5 Å². The normalized spacial score (nSPS) is 34.4. The van der Waals surface area contributed by atoms with Crippen molar-refractivity contribution in [2.45, 2.75) is 43.2 Å². The summed E-state index contributed by atoms with van der Waals surface area (Å²) in [5.74, 6) is -2.47. The van der Waals surface area contributed by atoms with Crippen LogP contribution in [0.3, 0.4) is 0 Å². The van der Waals surface area contributed by atoms with Crippen molar-refractivity contribution in [3.8, 4) is 0 Å². The molecule has 0 saturated carbocycles. The minimum absolute atomic E-state index is 0.529. The topological polar surface area (TPSA) is 80.9 Å². The average Bonchev–Trinajstić information content (AvgIpc) is 3.49. The predicted molar refractivity (Wildman–Crippen MR) is 119 cm³/mol. The fraction of sp³-hybridized carbons (Fsp3) is 0.429. The molecule has 28 heavy (non-hydrogen) atoms. The fourth-order valence-electron chi connectivity index (χ4n) is 4.33. The first-order chi connectivity index (χ1) is 13.5. The van der Waals surface area contributed by atoms with Crippen LogP contribution in [0, 0.1) is 5.92 Å². The molecule has 0 aromatic heterocycles. The third-order valence-electron chi connectivity index (χ3n) is 6.25. The summed E-state index contributed by atoms with van der Waals surface area (Å²) in [4.78, 5) is 0. The van der Waals surface area contributed by atoms with Gasteiger partial charge in [-0.3, -0.25) is 0 Å². The van der Waals surface area contributed by atoms with Crippen molar-refractivity contribution in [3.63, 3.8) is 0 Å². The Hall–Kier alpha value is -0.590. The summed E-state index contributed by atoms with van der Waals surface area (Å²) >= 11 is 0. The number of benzene rings is 2. The zero-order chi connectivity index (χ0) is 19.8. The van der Waals surface area contributed by atoms with Gasteiger partial charge < -0.3 is 0 Å². The van der Waals surface area contributed by atoms with E-state index in [9.17, 15) is 20.4 Å².